The zero-order valence-electron chi connectivity index (χ0n) is 14.0. The summed E-state index contributed by atoms with van der Waals surface area (Å²) in [6.45, 7) is 2.58. The lowest BCUT2D eigenvalue weighted by Gasteiger charge is -2.14. The Labute approximate surface area is 145 Å². The highest BCUT2D eigenvalue weighted by molar-refractivity contribution is 7.09. The summed E-state index contributed by atoms with van der Waals surface area (Å²) in [6, 6.07) is 12.1. The summed E-state index contributed by atoms with van der Waals surface area (Å²) in [5.41, 5.74) is 2.88. The number of aliphatic hydroxyl groups is 1. The number of fused-ring (bicyclic) bond motifs is 1. The average molecular weight is 342 g/mol. The third-order valence-electron chi connectivity index (χ3n) is 4.37. The molecule has 1 amide bonds. The summed E-state index contributed by atoms with van der Waals surface area (Å²) in [7, 11) is 1.92. The number of carbonyl (C=O) groups excluding carboxylic acids is 1. The maximum atomic E-state index is 12.6. The minimum Gasteiger partial charge on any atom is -0.396 e. The van der Waals surface area contributed by atoms with Gasteiger partial charge in [-0.25, -0.2) is 0 Å². The van der Waals surface area contributed by atoms with Crippen LogP contribution in [0.5, 0.6) is 0 Å². The fourth-order valence-corrected chi connectivity index (χ4v) is 3.90. The number of aromatic nitrogens is 1. The van der Waals surface area contributed by atoms with Crippen molar-refractivity contribution in [1.29, 1.82) is 0 Å². The molecule has 2 N–H and O–H groups in total. The van der Waals surface area contributed by atoms with Crippen LogP contribution in [-0.4, -0.2) is 28.7 Å². The normalized spacial score (nSPS) is 12.5. The van der Waals surface area contributed by atoms with Crippen LogP contribution in [0.2, 0.25) is 0 Å². The molecular formula is C19H22N2O2S. The van der Waals surface area contributed by atoms with Gasteiger partial charge in [-0.1, -0.05) is 24.3 Å². The van der Waals surface area contributed by atoms with E-state index in [1.165, 1.54) is 4.88 Å². The summed E-state index contributed by atoms with van der Waals surface area (Å²) >= 11 is 1.68. The Morgan fingerprint density at radius 1 is 1.33 bits per heavy atom. The van der Waals surface area contributed by atoms with Gasteiger partial charge in [0.2, 0.25) is 0 Å². The Kier molecular flexibility index (Phi) is 5.02. The largest absolute Gasteiger partial charge is 0.396 e. The minimum absolute atomic E-state index is 0.0315. The molecule has 0 bridgehead atoms. The van der Waals surface area contributed by atoms with E-state index in [1.807, 2.05) is 54.3 Å². The van der Waals surface area contributed by atoms with E-state index >= 15 is 0 Å². The summed E-state index contributed by atoms with van der Waals surface area (Å²) in [6.07, 6.45) is 0.780. The van der Waals surface area contributed by atoms with Crippen molar-refractivity contribution < 1.29 is 9.90 Å². The van der Waals surface area contributed by atoms with Crippen molar-refractivity contribution in [3.63, 3.8) is 0 Å². The maximum absolute atomic E-state index is 12.6. The standard InChI is InChI=1S/C19H22N2O2S/c1-13-5-3-6-15-10-17(21(2)18(13)15)19(23)20-11-14(12-22)9-16-7-4-8-24-16/h3-8,10,14,22H,9,11-12H2,1-2H3,(H,20,23). The van der Waals surface area contributed by atoms with Crippen molar-refractivity contribution >= 4 is 28.1 Å². The van der Waals surface area contributed by atoms with Gasteiger partial charge in [0, 0.05) is 36.4 Å². The molecule has 2 heterocycles. The number of para-hydroxylation sites is 1. The molecule has 0 saturated heterocycles. The molecular weight excluding hydrogens is 320 g/mol. The number of thiophene rings is 1. The molecule has 0 radical (unpaired) electrons. The minimum atomic E-state index is -0.0993. The lowest BCUT2D eigenvalue weighted by Crippen LogP contribution is -2.32. The van der Waals surface area contributed by atoms with E-state index in [9.17, 15) is 9.90 Å². The first-order chi connectivity index (χ1) is 11.6. The Morgan fingerprint density at radius 2 is 2.17 bits per heavy atom. The second-order valence-corrected chi connectivity index (χ2v) is 7.18. The molecule has 0 fully saturated rings. The average Bonchev–Trinajstić information content (AvgIpc) is 3.19. The molecule has 0 aliphatic carbocycles. The Morgan fingerprint density at radius 3 is 2.83 bits per heavy atom. The van der Waals surface area contributed by atoms with Crippen LogP contribution in [0.3, 0.4) is 0 Å². The molecule has 3 rings (SSSR count). The van der Waals surface area contributed by atoms with Gasteiger partial charge in [-0.05, 0) is 36.4 Å². The van der Waals surface area contributed by atoms with E-state index in [1.54, 1.807) is 11.3 Å². The number of nitrogens with one attached hydrogen (secondary N) is 1. The molecule has 0 spiro atoms. The number of hydrogen-bond donors (Lipinski definition) is 2. The van der Waals surface area contributed by atoms with Crippen LogP contribution in [0.4, 0.5) is 0 Å². The van der Waals surface area contributed by atoms with Crippen LogP contribution in [0.1, 0.15) is 20.9 Å². The van der Waals surface area contributed by atoms with Gasteiger partial charge in [0.15, 0.2) is 0 Å². The fraction of sp³-hybridized carbons (Fsp3) is 0.316. The zero-order chi connectivity index (χ0) is 17.1. The third kappa shape index (κ3) is 3.37. The molecule has 24 heavy (non-hydrogen) atoms. The highest BCUT2D eigenvalue weighted by Crippen LogP contribution is 2.22. The monoisotopic (exact) mass is 342 g/mol. The molecule has 1 unspecified atom stereocenters. The zero-order valence-corrected chi connectivity index (χ0v) is 14.8. The quantitative estimate of drug-likeness (QED) is 0.723. The highest BCUT2D eigenvalue weighted by Gasteiger charge is 2.16. The molecule has 2 aromatic heterocycles. The molecule has 1 aromatic carbocycles. The predicted octanol–water partition coefficient (Wildman–Crippen LogP) is 3.13. The smallest absolute Gasteiger partial charge is 0.267 e. The first-order valence-corrected chi connectivity index (χ1v) is 8.94. The summed E-state index contributed by atoms with van der Waals surface area (Å²) < 4.78 is 1.94. The van der Waals surface area contributed by atoms with E-state index < -0.39 is 0 Å². The van der Waals surface area contributed by atoms with Gasteiger partial charge in [0.05, 0.1) is 5.52 Å². The van der Waals surface area contributed by atoms with E-state index in [0.717, 1.165) is 22.9 Å². The number of hydrogen-bond acceptors (Lipinski definition) is 3. The van der Waals surface area contributed by atoms with E-state index in [-0.39, 0.29) is 18.4 Å². The number of carbonyl (C=O) groups is 1. The van der Waals surface area contributed by atoms with Crippen molar-refractivity contribution in [1.82, 2.24) is 9.88 Å². The lowest BCUT2D eigenvalue weighted by atomic mass is 10.1. The number of nitrogens with zero attached hydrogens (tertiary/aromatic N) is 1. The van der Waals surface area contributed by atoms with E-state index in [2.05, 4.69) is 11.4 Å². The SMILES string of the molecule is Cc1cccc2cc(C(=O)NCC(CO)Cc3cccs3)n(C)c12. The highest BCUT2D eigenvalue weighted by atomic mass is 32.1. The third-order valence-corrected chi connectivity index (χ3v) is 5.27. The first kappa shape index (κ1) is 16.7. The number of aliphatic hydroxyl groups excluding tert-OH is 1. The molecule has 1 atom stereocenters. The number of amides is 1. The molecule has 0 aliphatic rings. The van der Waals surface area contributed by atoms with Gasteiger partial charge in [-0.15, -0.1) is 11.3 Å². The van der Waals surface area contributed by atoms with Crippen LogP contribution in [0.15, 0.2) is 41.8 Å². The van der Waals surface area contributed by atoms with Crippen molar-refractivity contribution in [2.45, 2.75) is 13.3 Å². The number of benzene rings is 1. The molecule has 4 nitrogen and oxygen atoms in total. The van der Waals surface area contributed by atoms with Crippen LogP contribution in [-0.2, 0) is 13.5 Å². The number of rotatable bonds is 6. The van der Waals surface area contributed by atoms with E-state index in [0.29, 0.717) is 12.2 Å². The summed E-state index contributed by atoms with van der Waals surface area (Å²) in [5.74, 6) is -0.0678. The van der Waals surface area contributed by atoms with Crippen molar-refractivity contribution in [3.8, 4) is 0 Å². The van der Waals surface area contributed by atoms with E-state index in [4.69, 9.17) is 0 Å². The van der Waals surface area contributed by atoms with Crippen LogP contribution in [0.25, 0.3) is 10.9 Å². The Hall–Kier alpha value is -2.11. The summed E-state index contributed by atoms with van der Waals surface area (Å²) in [4.78, 5) is 13.8. The number of aryl methyl sites for hydroxylation is 2. The van der Waals surface area contributed by atoms with Gasteiger partial charge in [-0.2, -0.15) is 0 Å². The second-order valence-electron chi connectivity index (χ2n) is 6.14. The first-order valence-electron chi connectivity index (χ1n) is 8.06. The van der Waals surface area contributed by atoms with Gasteiger partial charge in [0.1, 0.15) is 5.69 Å². The molecule has 0 aliphatic heterocycles. The van der Waals surface area contributed by atoms with Gasteiger partial charge in [-0.3, -0.25) is 4.79 Å². The van der Waals surface area contributed by atoms with Gasteiger partial charge >= 0.3 is 0 Å². The molecule has 0 saturated carbocycles. The van der Waals surface area contributed by atoms with Crippen LogP contribution in [0, 0.1) is 12.8 Å². The van der Waals surface area contributed by atoms with Crippen LogP contribution >= 0.6 is 11.3 Å². The fourth-order valence-electron chi connectivity index (χ4n) is 3.08. The van der Waals surface area contributed by atoms with Crippen molar-refractivity contribution in [2.75, 3.05) is 13.2 Å². The maximum Gasteiger partial charge on any atom is 0.267 e. The van der Waals surface area contributed by atoms with Crippen molar-refractivity contribution in [2.24, 2.45) is 13.0 Å². The van der Waals surface area contributed by atoms with Gasteiger partial charge < -0.3 is 15.0 Å². The van der Waals surface area contributed by atoms with Crippen LogP contribution < -0.4 is 5.32 Å². The van der Waals surface area contributed by atoms with Crippen molar-refractivity contribution in [3.05, 3.63) is 57.9 Å². The summed E-state index contributed by atoms with van der Waals surface area (Å²) in [5, 5.41) is 15.6. The second kappa shape index (κ2) is 7.20. The lowest BCUT2D eigenvalue weighted by molar-refractivity contribution is 0.0932. The molecule has 3 aromatic rings. The predicted molar refractivity (Wildman–Crippen MR) is 98.6 cm³/mol. The Bertz CT molecular complexity index is 837. The Balaban J connectivity index is 1.70. The topological polar surface area (TPSA) is 54.3 Å². The molecule has 5 heteroatoms. The molecule has 126 valence electrons. The van der Waals surface area contributed by atoms with Gasteiger partial charge in [0.25, 0.3) is 5.91 Å².